The zero-order valence-electron chi connectivity index (χ0n) is 13.4. The number of amides is 1. The number of nitrogens with two attached hydrogens (primary N) is 1. The van der Waals surface area contributed by atoms with Crippen LogP contribution >= 0.6 is 0 Å². The molecule has 0 radical (unpaired) electrons. The van der Waals surface area contributed by atoms with E-state index in [1.165, 1.54) is 0 Å². The van der Waals surface area contributed by atoms with Crippen LogP contribution in [0.15, 0.2) is 0 Å². The molecule has 0 unspecified atom stereocenters. The molecule has 4 atom stereocenters. The Morgan fingerprint density at radius 2 is 2.13 bits per heavy atom. The van der Waals surface area contributed by atoms with Crippen LogP contribution in [0.25, 0.3) is 0 Å². The summed E-state index contributed by atoms with van der Waals surface area (Å²) in [5, 5.41) is 30.7. The molecule has 1 amide bonds. The molecule has 6 N–H and O–H groups in total. The van der Waals surface area contributed by atoms with Crippen LogP contribution in [-0.2, 0) is 9.59 Å². The molecule has 9 heteroatoms. The topological polar surface area (TPSA) is 136 Å². The average Bonchev–Trinajstić information content (AvgIpc) is 3.03. The summed E-state index contributed by atoms with van der Waals surface area (Å²) in [5.74, 6) is -1.17. The predicted octanol–water partition coefficient (Wildman–Crippen LogP) is -1.38. The van der Waals surface area contributed by atoms with E-state index in [1.807, 2.05) is 0 Å². The zero-order chi connectivity index (χ0) is 17.2. The van der Waals surface area contributed by atoms with E-state index in [4.69, 9.17) is 15.8 Å². The maximum absolute atomic E-state index is 12.2. The fraction of sp³-hybridized carbons (Fsp3) is 0.857. The Morgan fingerprint density at radius 1 is 1.43 bits per heavy atom. The first-order valence-corrected chi connectivity index (χ1v) is 8.20. The molecule has 0 aromatic rings. The number of carboxylic acid groups (broad SMARTS) is 1. The molecule has 2 rings (SSSR count). The Balaban J connectivity index is 2.05. The van der Waals surface area contributed by atoms with Gasteiger partial charge in [-0.2, -0.15) is 0 Å². The van der Waals surface area contributed by atoms with Crippen LogP contribution in [0.5, 0.6) is 0 Å². The maximum Gasteiger partial charge on any atom is 0.451 e. The first kappa shape index (κ1) is 18.2. The molecule has 2 saturated heterocycles. The van der Waals surface area contributed by atoms with Gasteiger partial charge in [0.15, 0.2) is 0 Å². The fourth-order valence-corrected chi connectivity index (χ4v) is 3.98. The minimum Gasteiger partial charge on any atom is -0.480 e. The largest absolute Gasteiger partial charge is 0.480 e. The SMILES string of the molecule is C[C@@H](N)C(=O)N1CC[C@H]2[C@@H]1CN[C@@]2(CCCCB(O)O)C(=O)O. The third kappa shape index (κ3) is 3.52. The van der Waals surface area contributed by atoms with Crippen molar-refractivity contribution in [1.29, 1.82) is 0 Å². The van der Waals surface area contributed by atoms with Gasteiger partial charge in [0.05, 0.1) is 6.04 Å². The van der Waals surface area contributed by atoms with Crippen LogP contribution in [0, 0.1) is 5.92 Å². The third-order valence-electron chi connectivity index (χ3n) is 5.14. The number of likely N-dealkylation sites (tertiary alicyclic amines) is 1. The van der Waals surface area contributed by atoms with E-state index in [1.54, 1.807) is 11.8 Å². The number of carbonyl (C=O) groups is 2. The highest BCUT2D eigenvalue weighted by molar-refractivity contribution is 6.40. The quantitative estimate of drug-likeness (QED) is 0.287. The van der Waals surface area contributed by atoms with Gasteiger partial charge < -0.3 is 25.8 Å². The first-order valence-electron chi connectivity index (χ1n) is 8.20. The van der Waals surface area contributed by atoms with Crippen LogP contribution < -0.4 is 11.1 Å². The highest BCUT2D eigenvalue weighted by Crippen LogP contribution is 2.41. The molecule has 0 saturated carbocycles. The number of hydrogen-bond acceptors (Lipinski definition) is 6. The van der Waals surface area contributed by atoms with Gasteiger partial charge in [-0.3, -0.25) is 14.9 Å². The van der Waals surface area contributed by atoms with Crippen molar-refractivity contribution in [2.24, 2.45) is 11.7 Å². The van der Waals surface area contributed by atoms with Crippen LogP contribution in [0.2, 0.25) is 6.32 Å². The van der Waals surface area contributed by atoms with Crippen molar-refractivity contribution < 1.29 is 24.7 Å². The average molecular weight is 327 g/mol. The van der Waals surface area contributed by atoms with E-state index >= 15 is 0 Å². The Kier molecular flexibility index (Phi) is 5.67. The number of carboxylic acids is 1. The van der Waals surface area contributed by atoms with Crippen LogP contribution in [-0.4, -0.2) is 69.8 Å². The number of nitrogens with one attached hydrogen (secondary N) is 1. The number of carbonyl (C=O) groups excluding carboxylic acids is 1. The van der Waals surface area contributed by atoms with Gasteiger partial charge in [-0.25, -0.2) is 0 Å². The van der Waals surface area contributed by atoms with Gasteiger partial charge in [-0.15, -0.1) is 0 Å². The number of unbranched alkanes of at least 4 members (excludes halogenated alkanes) is 1. The second-order valence-corrected chi connectivity index (χ2v) is 6.67. The predicted molar refractivity (Wildman–Crippen MR) is 84.5 cm³/mol. The zero-order valence-corrected chi connectivity index (χ0v) is 13.4. The smallest absolute Gasteiger partial charge is 0.451 e. The number of hydrogen-bond donors (Lipinski definition) is 5. The van der Waals surface area contributed by atoms with Crippen LogP contribution in [0.4, 0.5) is 0 Å². The summed E-state index contributed by atoms with van der Waals surface area (Å²) >= 11 is 0. The van der Waals surface area contributed by atoms with Crippen LogP contribution in [0.1, 0.15) is 32.6 Å². The summed E-state index contributed by atoms with van der Waals surface area (Å²) in [5.41, 5.74) is 4.63. The van der Waals surface area contributed by atoms with Gasteiger partial charge in [0, 0.05) is 25.0 Å². The van der Waals surface area contributed by atoms with E-state index in [0.717, 1.165) is 0 Å². The van der Waals surface area contributed by atoms with Gasteiger partial charge in [0.2, 0.25) is 5.91 Å². The molecule has 0 aliphatic carbocycles. The third-order valence-corrected chi connectivity index (χ3v) is 5.14. The molecular weight excluding hydrogens is 301 g/mol. The summed E-state index contributed by atoms with van der Waals surface area (Å²) in [7, 11) is -1.36. The van der Waals surface area contributed by atoms with E-state index in [-0.39, 0.29) is 24.2 Å². The van der Waals surface area contributed by atoms with Gasteiger partial charge in [-0.1, -0.05) is 12.8 Å². The number of fused-ring (bicyclic) bond motifs is 1. The standard InChI is InChI=1S/C14H26BN3O5/c1-9(16)12(19)18-7-4-10-11(18)8-17-14(10,13(20)21)5-2-3-6-15(22)23/h9-11,17,22-23H,2-8,16H2,1H3,(H,20,21)/t9-,10+,11+,14-/m1/s1. The molecule has 8 nitrogen and oxygen atoms in total. The lowest BCUT2D eigenvalue weighted by atomic mass is 9.77. The van der Waals surface area contributed by atoms with Crippen LogP contribution in [0.3, 0.4) is 0 Å². The van der Waals surface area contributed by atoms with Gasteiger partial charge in [-0.05, 0) is 26.1 Å². The van der Waals surface area contributed by atoms with E-state index in [0.29, 0.717) is 38.8 Å². The maximum atomic E-state index is 12.2. The summed E-state index contributed by atoms with van der Waals surface area (Å²) in [6.07, 6.45) is 2.43. The minimum absolute atomic E-state index is 0.131. The molecule has 2 heterocycles. The molecule has 23 heavy (non-hydrogen) atoms. The van der Waals surface area contributed by atoms with Crippen molar-refractivity contribution >= 4 is 19.0 Å². The van der Waals surface area contributed by atoms with E-state index in [2.05, 4.69) is 5.32 Å². The molecular formula is C14H26BN3O5. The summed E-state index contributed by atoms with van der Waals surface area (Å²) in [6, 6.07) is -0.715. The Morgan fingerprint density at radius 3 is 2.70 bits per heavy atom. The molecule has 0 aromatic carbocycles. The summed E-state index contributed by atoms with van der Waals surface area (Å²) < 4.78 is 0. The fourth-order valence-electron chi connectivity index (χ4n) is 3.98. The number of aliphatic carboxylic acids is 1. The van der Waals surface area contributed by atoms with Crippen molar-refractivity contribution in [3.8, 4) is 0 Å². The highest BCUT2D eigenvalue weighted by Gasteiger charge is 2.57. The van der Waals surface area contributed by atoms with Gasteiger partial charge in [0.25, 0.3) is 0 Å². The molecule has 0 bridgehead atoms. The lowest BCUT2D eigenvalue weighted by Gasteiger charge is -2.31. The second-order valence-electron chi connectivity index (χ2n) is 6.67. The summed E-state index contributed by atoms with van der Waals surface area (Å²) in [6.45, 7) is 2.64. The molecule has 130 valence electrons. The monoisotopic (exact) mass is 327 g/mol. The first-order chi connectivity index (χ1) is 10.8. The minimum atomic E-state index is -1.36. The summed E-state index contributed by atoms with van der Waals surface area (Å²) in [4.78, 5) is 25.8. The Bertz CT molecular complexity index is 462. The van der Waals surface area contributed by atoms with E-state index < -0.39 is 24.7 Å². The lowest BCUT2D eigenvalue weighted by Crippen LogP contribution is -2.52. The molecule has 0 aromatic heterocycles. The van der Waals surface area contributed by atoms with Crippen molar-refractivity contribution in [1.82, 2.24) is 10.2 Å². The number of nitrogens with zero attached hydrogens (tertiary/aromatic N) is 1. The molecule has 2 aliphatic rings. The van der Waals surface area contributed by atoms with Crippen molar-refractivity contribution in [3.05, 3.63) is 0 Å². The molecule has 2 aliphatic heterocycles. The highest BCUT2D eigenvalue weighted by atomic mass is 16.4. The van der Waals surface area contributed by atoms with Crippen molar-refractivity contribution in [2.45, 2.75) is 56.5 Å². The van der Waals surface area contributed by atoms with Gasteiger partial charge in [0.1, 0.15) is 5.54 Å². The van der Waals surface area contributed by atoms with E-state index in [9.17, 15) is 14.7 Å². The van der Waals surface area contributed by atoms with Gasteiger partial charge >= 0.3 is 13.1 Å². The molecule has 0 spiro atoms. The van der Waals surface area contributed by atoms with Crippen molar-refractivity contribution in [3.63, 3.8) is 0 Å². The molecule has 2 fully saturated rings. The normalized spacial score (nSPS) is 31.0. The Hall–Kier alpha value is -1.16. The Labute approximate surface area is 136 Å². The number of rotatable bonds is 7. The second kappa shape index (κ2) is 7.17. The lowest BCUT2D eigenvalue weighted by molar-refractivity contribution is -0.146. The van der Waals surface area contributed by atoms with Crippen molar-refractivity contribution in [2.75, 3.05) is 13.1 Å².